The highest BCUT2D eigenvalue weighted by molar-refractivity contribution is 6.23. The minimum absolute atomic E-state index is 0.172. The highest BCUT2D eigenvalue weighted by Gasteiger charge is 2.61. The average Bonchev–Trinajstić information content (AvgIpc) is 3.04. The fourth-order valence-electron chi connectivity index (χ4n) is 5.14. The smallest absolute Gasteiger partial charge is 0.407 e. The number of carbonyl (C=O) groups is 4. The molecule has 10 nitrogen and oxygen atoms in total. The van der Waals surface area contributed by atoms with E-state index in [0.717, 1.165) is 10.5 Å². The fourth-order valence-corrected chi connectivity index (χ4v) is 5.14. The molecule has 1 aromatic heterocycles. The molecule has 4 amide bonds. The lowest BCUT2D eigenvalue weighted by molar-refractivity contribution is -0.129. The van der Waals surface area contributed by atoms with Crippen LogP contribution < -0.4 is 4.90 Å². The Hall–Kier alpha value is -3.95. The van der Waals surface area contributed by atoms with Gasteiger partial charge in [0.05, 0.1) is 23.1 Å². The van der Waals surface area contributed by atoms with Gasteiger partial charge in [-0.2, -0.15) is 0 Å². The van der Waals surface area contributed by atoms with Crippen LogP contribution >= 0.6 is 0 Å². The number of nitrogens with zero attached hydrogens (tertiary/aromatic N) is 4. The zero-order valence-corrected chi connectivity index (χ0v) is 22.6. The lowest BCUT2D eigenvalue weighted by Crippen LogP contribution is -2.62. The van der Waals surface area contributed by atoms with Crippen molar-refractivity contribution >= 4 is 29.7 Å². The monoisotopic (exact) mass is 522 g/mol. The number of rotatable bonds is 3. The van der Waals surface area contributed by atoms with Gasteiger partial charge >= 0.3 is 18.1 Å². The predicted molar refractivity (Wildman–Crippen MR) is 141 cm³/mol. The first-order chi connectivity index (χ1) is 17.6. The van der Waals surface area contributed by atoms with E-state index in [4.69, 9.17) is 4.74 Å². The van der Waals surface area contributed by atoms with Crippen molar-refractivity contribution < 1.29 is 29.0 Å². The first-order valence-corrected chi connectivity index (χ1v) is 12.6. The maximum Gasteiger partial charge on any atom is 0.407 e. The topological polar surface area (TPSA) is 120 Å². The van der Waals surface area contributed by atoms with Gasteiger partial charge in [-0.05, 0) is 78.6 Å². The van der Waals surface area contributed by atoms with Gasteiger partial charge in [0.1, 0.15) is 11.1 Å². The number of benzene rings is 1. The first kappa shape index (κ1) is 27.1. The molecule has 2 aliphatic heterocycles. The minimum Gasteiger partial charge on any atom is -0.465 e. The number of anilines is 1. The molecule has 1 aromatic carbocycles. The second-order valence-electron chi connectivity index (χ2n) is 11.7. The number of carbonyl (C=O) groups excluding carboxylic acids is 3. The molecule has 0 atom stereocenters. The summed E-state index contributed by atoms with van der Waals surface area (Å²) in [5, 5.41) is 9.37. The van der Waals surface area contributed by atoms with Crippen LogP contribution in [0.1, 0.15) is 64.7 Å². The van der Waals surface area contributed by atoms with E-state index in [1.165, 1.54) is 11.1 Å². The number of esters is 1. The second-order valence-corrected chi connectivity index (χ2v) is 11.7. The summed E-state index contributed by atoms with van der Waals surface area (Å²) in [7, 11) is 0. The number of urea groups is 1. The number of hydrogen-bond donors (Lipinski definition) is 1. The van der Waals surface area contributed by atoms with E-state index in [2.05, 4.69) is 4.98 Å². The van der Waals surface area contributed by atoms with Gasteiger partial charge in [-0.3, -0.25) is 9.78 Å². The SMILES string of the molecule is CC(C)(C)OC(=O)c1ccc(-c2ccc(N3C(=O)N(C(C)(C)C)C4(CCN(C(=O)O)CC4)C3=O)cn2)cc1. The highest BCUT2D eigenvalue weighted by atomic mass is 16.6. The van der Waals surface area contributed by atoms with Crippen LogP contribution in [0.5, 0.6) is 0 Å². The number of pyridine rings is 1. The molecule has 0 unspecified atom stereocenters. The average molecular weight is 523 g/mol. The molecular weight excluding hydrogens is 488 g/mol. The molecule has 0 aliphatic carbocycles. The molecule has 38 heavy (non-hydrogen) atoms. The maximum absolute atomic E-state index is 13.8. The van der Waals surface area contributed by atoms with E-state index in [1.54, 1.807) is 41.3 Å². The third-order valence-corrected chi connectivity index (χ3v) is 6.77. The fraction of sp³-hybridized carbons (Fsp3) is 0.464. The van der Waals surface area contributed by atoms with Gasteiger partial charge in [-0.25, -0.2) is 19.3 Å². The lowest BCUT2D eigenvalue weighted by Gasteiger charge is -2.46. The molecule has 4 rings (SSSR count). The number of piperidine rings is 1. The van der Waals surface area contributed by atoms with Gasteiger partial charge in [0.2, 0.25) is 0 Å². The van der Waals surface area contributed by atoms with E-state index in [1.807, 2.05) is 41.5 Å². The number of hydrogen-bond acceptors (Lipinski definition) is 6. The Bertz CT molecular complexity index is 1250. The van der Waals surface area contributed by atoms with Crippen molar-refractivity contribution in [2.75, 3.05) is 18.0 Å². The number of carboxylic acid groups (broad SMARTS) is 1. The molecule has 1 spiro atoms. The van der Waals surface area contributed by atoms with Crippen molar-refractivity contribution in [3.8, 4) is 11.3 Å². The zero-order valence-electron chi connectivity index (χ0n) is 22.6. The van der Waals surface area contributed by atoms with E-state index < -0.39 is 34.8 Å². The molecule has 0 saturated carbocycles. The highest BCUT2D eigenvalue weighted by Crippen LogP contribution is 2.43. The van der Waals surface area contributed by atoms with Crippen LogP contribution in [-0.4, -0.2) is 73.7 Å². The number of amides is 4. The summed E-state index contributed by atoms with van der Waals surface area (Å²) in [5.74, 6) is -0.774. The molecule has 2 aromatic rings. The van der Waals surface area contributed by atoms with Crippen molar-refractivity contribution in [2.45, 2.75) is 71.1 Å². The van der Waals surface area contributed by atoms with E-state index in [9.17, 15) is 24.3 Å². The Morgan fingerprint density at radius 1 is 0.947 bits per heavy atom. The van der Waals surface area contributed by atoms with Crippen molar-refractivity contribution in [2.24, 2.45) is 0 Å². The Balaban J connectivity index is 1.58. The molecule has 2 fully saturated rings. The normalized spacial score (nSPS) is 17.8. The van der Waals surface area contributed by atoms with Crippen molar-refractivity contribution in [1.82, 2.24) is 14.8 Å². The van der Waals surface area contributed by atoms with Gasteiger partial charge < -0.3 is 19.6 Å². The molecular formula is C28H34N4O6. The summed E-state index contributed by atoms with van der Waals surface area (Å²) in [5.41, 5.74) is -0.215. The first-order valence-electron chi connectivity index (χ1n) is 12.6. The molecule has 0 bridgehead atoms. The van der Waals surface area contributed by atoms with Crippen LogP contribution in [0, 0.1) is 0 Å². The Morgan fingerprint density at radius 2 is 1.55 bits per heavy atom. The van der Waals surface area contributed by atoms with Crippen LogP contribution in [0.2, 0.25) is 0 Å². The van der Waals surface area contributed by atoms with Crippen LogP contribution in [0.3, 0.4) is 0 Å². The summed E-state index contributed by atoms with van der Waals surface area (Å²) in [6, 6.07) is 9.81. The number of ether oxygens (including phenoxy) is 1. The molecule has 0 radical (unpaired) electrons. The summed E-state index contributed by atoms with van der Waals surface area (Å²) < 4.78 is 5.40. The lowest BCUT2D eigenvalue weighted by atomic mass is 9.83. The molecule has 2 aliphatic rings. The summed E-state index contributed by atoms with van der Waals surface area (Å²) in [4.78, 5) is 59.7. The molecule has 1 N–H and O–H groups in total. The molecule has 3 heterocycles. The molecule has 10 heteroatoms. The quantitative estimate of drug-likeness (QED) is 0.455. The van der Waals surface area contributed by atoms with Crippen LogP contribution in [0.25, 0.3) is 11.3 Å². The van der Waals surface area contributed by atoms with E-state index in [-0.39, 0.29) is 31.8 Å². The van der Waals surface area contributed by atoms with E-state index >= 15 is 0 Å². The van der Waals surface area contributed by atoms with Gasteiger partial charge in [0, 0.05) is 24.2 Å². The standard InChI is InChI=1S/C28H34N4O6/c1-26(2,3)32-24(35)31(23(34)28(32)13-15-30(16-14-28)25(36)37)20-11-12-21(29-17-20)18-7-9-19(10-8-18)22(33)38-27(4,5)6/h7-12,17H,13-16H2,1-6H3,(H,36,37). The Morgan fingerprint density at radius 3 is 2.03 bits per heavy atom. The van der Waals surface area contributed by atoms with Crippen LogP contribution in [0.15, 0.2) is 42.6 Å². The maximum atomic E-state index is 13.8. The Labute approximate surface area is 222 Å². The summed E-state index contributed by atoms with van der Waals surface area (Å²) >= 11 is 0. The molecule has 202 valence electrons. The summed E-state index contributed by atoms with van der Waals surface area (Å²) in [6.07, 6.45) is 0.911. The second kappa shape index (κ2) is 9.41. The number of imide groups is 1. The number of aromatic nitrogens is 1. The zero-order chi connectivity index (χ0) is 28.0. The van der Waals surface area contributed by atoms with Crippen molar-refractivity contribution in [3.05, 3.63) is 48.2 Å². The van der Waals surface area contributed by atoms with Crippen LogP contribution in [-0.2, 0) is 9.53 Å². The largest absolute Gasteiger partial charge is 0.465 e. The minimum atomic E-state index is -1.11. The van der Waals surface area contributed by atoms with Gasteiger partial charge in [0.15, 0.2) is 0 Å². The van der Waals surface area contributed by atoms with Gasteiger partial charge in [0.25, 0.3) is 5.91 Å². The van der Waals surface area contributed by atoms with E-state index in [0.29, 0.717) is 16.9 Å². The van der Waals surface area contributed by atoms with Gasteiger partial charge in [-0.1, -0.05) is 12.1 Å². The number of likely N-dealkylation sites (tertiary alicyclic amines) is 1. The summed E-state index contributed by atoms with van der Waals surface area (Å²) in [6.45, 7) is 11.4. The third-order valence-electron chi connectivity index (χ3n) is 6.77. The van der Waals surface area contributed by atoms with Crippen molar-refractivity contribution in [3.63, 3.8) is 0 Å². The Kier molecular flexibility index (Phi) is 6.71. The van der Waals surface area contributed by atoms with Crippen LogP contribution in [0.4, 0.5) is 15.3 Å². The third kappa shape index (κ3) is 4.94. The van der Waals surface area contributed by atoms with Crippen molar-refractivity contribution in [1.29, 1.82) is 0 Å². The predicted octanol–water partition coefficient (Wildman–Crippen LogP) is 4.78. The molecule has 2 saturated heterocycles. The van der Waals surface area contributed by atoms with Gasteiger partial charge in [-0.15, -0.1) is 0 Å².